The lowest BCUT2D eigenvalue weighted by atomic mass is 10.2. The molecule has 4 nitrogen and oxygen atoms in total. The topological polar surface area (TPSA) is 57.6 Å². The molecule has 1 aromatic rings. The number of carbonyl (C=O) groups is 2. The predicted molar refractivity (Wildman–Crippen MR) is 70.6 cm³/mol. The molecule has 96 valence electrons. The van der Waals surface area contributed by atoms with Gasteiger partial charge in [0.15, 0.2) is 0 Å². The SMILES string of the molecule is CC(=O)N1[C@@H](C(=O)O)CS[C@H]1c1ccc(Cl)cc1. The van der Waals surface area contributed by atoms with Crippen LogP contribution in [0, 0.1) is 0 Å². The molecule has 18 heavy (non-hydrogen) atoms. The van der Waals surface area contributed by atoms with Crippen LogP contribution in [-0.2, 0) is 9.59 Å². The molecule has 6 heteroatoms. The van der Waals surface area contributed by atoms with E-state index in [0.717, 1.165) is 5.56 Å². The maximum atomic E-state index is 11.6. The highest BCUT2D eigenvalue weighted by Crippen LogP contribution is 2.41. The van der Waals surface area contributed by atoms with Gasteiger partial charge >= 0.3 is 5.97 Å². The molecule has 0 spiro atoms. The van der Waals surface area contributed by atoms with Gasteiger partial charge in [-0.1, -0.05) is 23.7 Å². The molecule has 0 saturated carbocycles. The zero-order chi connectivity index (χ0) is 13.3. The quantitative estimate of drug-likeness (QED) is 0.906. The molecule has 1 saturated heterocycles. The fourth-order valence-electron chi connectivity index (χ4n) is 1.97. The molecule has 0 aliphatic carbocycles. The van der Waals surface area contributed by atoms with Crippen molar-refractivity contribution in [1.82, 2.24) is 4.90 Å². The number of carboxylic acids is 1. The molecule has 1 heterocycles. The molecule has 2 atom stereocenters. The van der Waals surface area contributed by atoms with Gasteiger partial charge in [-0.2, -0.15) is 0 Å². The van der Waals surface area contributed by atoms with Crippen molar-refractivity contribution in [3.63, 3.8) is 0 Å². The molecule has 2 rings (SSSR count). The Kier molecular flexibility index (Phi) is 3.82. The largest absolute Gasteiger partial charge is 0.480 e. The number of carboxylic acid groups (broad SMARTS) is 1. The molecule has 1 aromatic carbocycles. The minimum Gasteiger partial charge on any atom is -0.480 e. The van der Waals surface area contributed by atoms with E-state index in [0.29, 0.717) is 10.8 Å². The zero-order valence-electron chi connectivity index (χ0n) is 9.67. The molecule has 1 N–H and O–H groups in total. The van der Waals surface area contributed by atoms with Gasteiger partial charge < -0.3 is 10.0 Å². The summed E-state index contributed by atoms with van der Waals surface area (Å²) < 4.78 is 0. The Hall–Kier alpha value is -1.20. The maximum Gasteiger partial charge on any atom is 0.327 e. The molecule has 0 aromatic heterocycles. The first-order valence-electron chi connectivity index (χ1n) is 5.39. The standard InChI is InChI=1S/C12H12ClNO3S/c1-7(15)14-10(12(16)17)6-18-11(14)8-2-4-9(13)5-3-8/h2-5,10-11H,6H2,1H3,(H,16,17)/t10-,11+/m1/s1. The van der Waals surface area contributed by atoms with Gasteiger partial charge in [-0.05, 0) is 17.7 Å². The Morgan fingerprint density at radius 2 is 2.00 bits per heavy atom. The van der Waals surface area contributed by atoms with Gasteiger partial charge in [0.2, 0.25) is 5.91 Å². The lowest BCUT2D eigenvalue weighted by Gasteiger charge is -2.26. The van der Waals surface area contributed by atoms with E-state index in [2.05, 4.69) is 0 Å². The summed E-state index contributed by atoms with van der Waals surface area (Å²) >= 11 is 7.27. The van der Waals surface area contributed by atoms with Crippen LogP contribution in [0.5, 0.6) is 0 Å². The minimum atomic E-state index is -0.964. The van der Waals surface area contributed by atoms with E-state index in [-0.39, 0.29) is 11.3 Å². The van der Waals surface area contributed by atoms with Gasteiger partial charge in [0.05, 0.1) is 0 Å². The summed E-state index contributed by atoms with van der Waals surface area (Å²) in [6.45, 7) is 1.39. The Bertz CT molecular complexity index is 477. The van der Waals surface area contributed by atoms with Crippen molar-refractivity contribution in [2.24, 2.45) is 0 Å². The number of halogens is 1. The summed E-state index contributed by atoms with van der Waals surface area (Å²) in [6.07, 6.45) is 0. The second-order valence-electron chi connectivity index (χ2n) is 4.02. The van der Waals surface area contributed by atoms with Crippen molar-refractivity contribution in [2.75, 3.05) is 5.75 Å². The number of thioether (sulfide) groups is 1. The van der Waals surface area contributed by atoms with Gasteiger partial charge in [0.25, 0.3) is 0 Å². The third-order valence-corrected chi connectivity index (χ3v) is 4.38. The van der Waals surface area contributed by atoms with Crippen LogP contribution in [-0.4, -0.2) is 33.7 Å². The van der Waals surface area contributed by atoms with E-state index >= 15 is 0 Å². The molecule has 1 aliphatic rings. The maximum absolute atomic E-state index is 11.6. The van der Waals surface area contributed by atoms with Crippen LogP contribution in [0.1, 0.15) is 17.9 Å². The third kappa shape index (κ3) is 2.47. The summed E-state index contributed by atoms with van der Waals surface area (Å²) in [6, 6.07) is 6.36. The van der Waals surface area contributed by atoms with Crippen molar-refractivity contribution >= 4 is 35.2 Å². The summed E-state index contributed by atoms with van der Waals surface area (Å²) in [5, 5.41) is 9.48. The number of amides is 1. The second-order valence-corrected chi connectivity index (χ2v) is 5.57. The Morgan fingerprint density at radius 3 is 2.50 bits per heavy atom. The highest BCUT2D eigenvalue weighted by atomic mass is 35.5. The molecule has 0 bridgehead atoms. The normalized spacial score (nSPS) is 23.1. The fourth-order valence-corrected chi connectivity index (χ4v) is 3.56. The average Bonchev–Trinajstić information content (AvgIpc) is 2.74. The van der Waals surface area contributed by atoms with Gasteiger partial charge in [0, 0.05) is 17.7 Å². The highest BCUT2D eigenvalue weighted by molar-refractivity contribution is 7.99. The van der Waals surface area contributed by atoms with E-state index in [1.807, 2.05) is 12.1 Å². The highest BCUT2D eigenvalue weighted by Gasteiger charge is 2.40. The van der Waals surface area contributed by atoms with Crippen molar-refractivity contribution in [2.45, 2.75) is 18.3 Å². The first kappa shape index (κ1) is 13.2. The second kappa shape index (κ2) is 5.20. The van der Waals surface area contributed by atoms with Crippen molar-refractivity contribution in [3.05, 3.63) is 34.9 Å². The monoisotopic (exact) mass is 285 g/mol. The number of rotatable bonds is 2. The van der Waals surface area contributed by atoms with Crippen LogP contribution < -0.4 is 0 Å². The van der Waals surface area contributed by atoms with Crippen molar-refractivity contribution in [1.29, 1.82) is 0 Å². The zero-order valence-corrected chi connectivity index (χ0v) is 11.2. The Labute approximate surface area is 114 Å². The lowest BCUT2D eigenvalue weighted by Crippen LogP contribution is -2.41. The van der Waals surface area contributed by atoms with Crippen LogP contribution in [0.25, 0.3) is 0 Å². The summed E-state index contributed by atoms with van der Waals surface area (Å²) in [5.41, 5.74) is 0.892. The molecular formula is C12H12ClNO3S. The van der Waals surface area contributed by atoms with Gasteiger partial charge in [-0.15, -0.1) is 11.8 Å². The van der Waals surface area contributed by atoms with Crippen LogP contribution in [0.2, 0.25) is 5.02 Å². The van der Waals surface area contributed by atoms with Gasteiger partial charge in [-0.25, -0.2) is 4.79 Å². The molecular weight excluding hydrogens is 274 g/mol. The number of carbonyl (C=O) groups excluding carboxylic acids is 1. The summed E-state index contributed by atoms with van der Waals surface area (Å²) in [5.74, 6) is -0.788. The number of nitrogens with zero attached hydrogens (tertiary/aromatic N) is 1. The Balaban J connectivity index is 2.30. The lowest BCUT2D eigenvalue weighted by molar-refractivity contribution is -0.148. The van der Waals surface area contributed by atoms with Crippen LogP contribution in [0.3, 0.4) is 0 Å². The molecule has 1 amide bonds. The van der Waals surface area contributed by atoms with Crippen molar-refractivity contribution < 1.29 is 14.7 Å². The molecule has 0 unspecified atom stereocenters. The van der Waals surface area contributed by atoms with Gasteiger partial charge in [0.1, 0.15) is 11.4 Å². The predicted octanol–water partition coefficient (Wildman–Crippen LogP) is 2.39. The van der Waals surface area contributed by atoms with E-state index < -0.39 is 12.0 Å². The summed E-state index contributed by atoms with van der Waals surface area (Å²) in [7, 11) is 0. The van der Waals surface area contributed by atoms with Crippen molar-refractivity contribution in [3.8, 4) is 0 Å². The van der Waals surface area contributed by atoms with E-state index in [4.69, 9.17) is 16.7 Å². The number of hydrogen-bond donors (Lipinski definition) is 1. The van der Waals surface area contributed by atoms with Gasteiger partial charge in [-0.3, -0.25) is 4.79 Å². The van der Waals surface area contributed by atoms with E-state index in [1.54, 1.807) is 12.1 Å². The van der Waals surface area contributed by atoms with Crippen LogP contribution >= 0.6 is 23.4 Å². The number of benzene rings is 1. The molecule has 1 fully saturated rings. The Morgan fingerprint density at radius 1 is 1.39 bits per heavy atom. The average molecular weight is 286 g/mol. The third-order valence-electron chi connectivity index (χ3n) is 2.80. The van der Waals surface area contributed by atoms with Crippen LogP contribution in [0.4, 0.5) is 0 Å². The number of hydrogen-bond acceptors (Lipinski definition) is 3. The smallest absolute Gasteiger partial charge is 0.327 e. The first-order valence-corrected chi connectivity index (χ1v) is 6.82. The van der Waals surface area contributed by atoms with E-state index in [9.17, 15) is 9.59 Å². The first-order chi connectivity index (χ1) is 8.50. The van der Waals surface area contributed by atoms with Crippen LogP contribution in [0.15, 0.2) is 24.3 Å². The minimum absolute atomic E-state index is 0.229. The number of aliphatic carboxylic acids is 1. The molecule has 1 aliphatic heterocycles. The van der Waals surface area contributed by atoms with E-state index in [1.165, 1.54) is 23.6 Å². The fraction of sp³-hybridized carbons (Fsp3) is 0.333. The summed E-state index contributed by atoms with van der Waals surface area (Å²) in [4.78, 5) is 24.2. The molecule has 0 radical (unpaired) electrons.